The Morgan fingerprint density at radius 3 is 2.60 bits per heavy atom. The van der Waals surface area contributed by atoms with E-state index in [1.165, 1.54) is 4.68 Å². The number of piperidine rings is 1. The van der Waals surface area contributed by atoms with Crippen LogP contribution in [0, 0.1) is 5.92 Å². The molecule has 0 saturated carbocycles. The summed E-state index contributed by atoms with van der Waals surface area (Å²) in [6.45, 7) is 10.7. The van der Waals surface area contributed by atoms with Gasteiger partial charge in [-0.1, -0.05) is 13.8 Å². The zero-order valence-electron chi connectivity index (χ0n) is 15.8. The van der Waals surface area contributed by atoms with Gasteiger partial charge in [0.1, 0.15) is 5.60 Å². The molecule has 1 aliphatic rings. The van der Waals surface area contributed by atoms with E-state index in [0.29, 0.717) is 12.1 Å². The lowest BCUT2D eigenvalue weighted by molar-refractivity contribution is 0.0499. The molecule has 7 nitrogen and oxygen atoms in total. The Morgan fingerprint density at radius 2 is 2.00 bits per heavy atom. The summed E-state index contributed by atoms with van der Waals surface area (Å²) in [4.78, 5) is 26.6. The van der Waals surface area contributed by atoms with E-state index >= 15 is 0 Å². The molecule has 25 heavy (non-hydrogen) atoms. The average Bonchev–Trinajstić information content (AvgIpc) is 2.86. The number of alkyl carbamates (subject to hydrolysis) is 1. The van der Waals surface area contributed by atoms with E-state index in [2.05, 4.69) is 10.2 Å². The van der Waals surface area contributed by atoms with E-state index < -0.39 is 11.7 Å². The van der Waals surface area contributed by atoms with Crippen molar-refractivity contribution in [3.05, 3.63) is 18.0 Å². The van der Waals surface area contributed by atoms with Crippen LogP contribution in [-0.2, 0) is 4.74 Å². The summed E-state index contributed by atoms with van der Waals surface area (Å²) in [5.41, 5.74) is 0.943. The Kier molecular flexibility index (Phi) is 5.65. The van der Waals surface area contributed by atoms with E-state index in [1.807, 2.05) is 34.6 Å². The van der Waals surface area contributed by atoms with Gasteiger partial charge in [0.2, 0.25) is 0 Å². The molecule has 1 aromatic rings. The molecule has 1 saturated heterocycles. The van der Waals surface area contributed by atoms with Crippen LogP contribution in [0.3, 0.4) is 0 Å². The standard InChI is InChI=1S/C18H30N4O3/c1-12(2)16(23)14-10-22(19)11-15(14)21-8-6-7-13(9-21)20-17(24)25-18(3,4)5/h10-13H,6-9,19H2,1-5H3,(H,20,24)/t13-/m1/s1. The van der Waals surface area contributed by atoms with Crippen LogP contribution >= 0.6 is 0 Å². The number of rotatable bonds is 4. The maximum atomic E-state index is 12.5. The summed E-state index contributed by atoms with van der Waals surface area (Å²) < 4.78 is 6.76. The Bertz CT molecular complexity index is 631. The number of amides is 1. The number of ether oxygens (including phenoxy) is 1. The number of hydrogen-bond donors (Lipinski definition) is 2. The highest BCUT2D eigenvalue weighted by atomic mass is 16.6. The van der Waals surface area contributed by atoms with Crippen molar-refractivity contribution >= 4 is 17.6 Å². The van der Waals surface area contributed by atoms with Crippen LogP contribution in [0.1, 0.15) is 57.8 Å². The first-order chi connectivity index (χ1) is 11.6. The summed E-state index contributed by atoms with van der Waals surface area (Å²) >= 11 is 0. The fraction of sp³-hybridized carbons (Fsp3) is 0.667. The van der Waals surface area contributed by atoms with Crippen molar-refractivity contribution in [1.82, 2.24) is 9.99 Å². The minimum absolute atomic E-state index is 0.0215. The molecule has 140 valence electrons. The summed E-state index contributed by atoms with van der Waals surface area (Å²) in [7, 11) is 0. The number of nitrogen functional groups attached to an aromatic ring is 1. The maximum absolute atomic E-state index is 12.5. The van der Waals surface area contributed by atoms with Crippen molar-refractivity contribution in [2.75, 3.05) is 23.8 Å². The SMILES string of the molecule is CC(C)C(=O)c1cn(N)cc1N1CCC[C@@H](NC(=O)OC(C)(C)C)C1. The second-order valence-electron chi connectivity index (χ2n) is 7.95. The van der Waals surface area contributed by atoms with Gasteiger partial charge >= 0.3 is 6.09 Å². The molecule has 3 N–H and O–H groups in total. The van der Waals surface area contributed by atoms with Gasteiger partial charge in [-0.25, -0.2) is 4.79 Å². The third kappa shape index (κ3) is 5.14. The molecule has 0 aromatic carbocycles. The fourth-order valence-corrected chi connectivity index (χ4v) is 3.00. The molecule has 0 spiro atoms. The van der Waals surface area contributed by atoms with Gasteiger partial charge in [0.05, 0.1) is 11.3 Å². The normalized spacial score (nSPS) is 18.3. The highest BCUT2D eigenvalue weighted by Gasteiger charge is 2.27. The monoisotopic (exact) mass is 350 g/mol. The molecule has 0 aliphatic carbocycles. The minimum atomic E-state index is -0.522. The van der Waals surface area contributed by atoms with Crippen LogP contribution in [0.2, 0.25) is 0 Å². The number of carbonyl (C=O) groups excluding carboxylic acids is 2. The molecule has 2 rings (SSSR count). The first-order valence-corrected chi connectivity index (χ1v) is 8.82. The fourth-order valence-electron chi connectivity index (χ4n) is 3.00. The number of nitrogens with one attached hydrogen (secondary N) is 1. The third-order valence-electron chi connectivity index (χ3n) is 4.10. The number of anilines is 1. The lowest BCUT2D eigenvalue weighted by atomic mass is 10.0. The Balaban J connectivity index is 2.09. The van der Waals surface area contributed by atoms with Gasteiger partial charge in [0.25, 0.3) is 0 Å². The quantitative estimate of drug-likeness (QED) is 0.643. The van der Waals surface area contributed by atoms with Crippen LogP contribution in [0.5, 0.6) is 0 Å². The number of nitrogens with zero attached hydrogens (tertiary/aromatic N) is 2. The molecule has 1 aliphatic heterocycles. The molecule has 1 aromatic heterocycles. The van der Waals surface area contributed by atoms with Gasteiger partial charge in [0, 0.05) is 37.4 Å². The zero-order valence-corrected chi connectivity index (χ0v) is 15.8. The van der Waals surface area contributed by atoms with E-state index in [4.69, 9.17) is 10.6 Å². The van der Waals surface area contributed by atoms with E-state index in [0.717, 1.165) is 25.1 Å². The van der Waals surface area contributed by atoms with Crippen molar-refractivity contribution < 1.29 is 14.3 Å². The highest BCUT2D eigenvalue weighted by Crippen LogP contribution is 2.27. The molecule has 0 radical (unpaired) electrons. The van der Waals surface area contributed by atoms with Crippen molar-refractivity contribution in [3.8, 4) is 0 Å². The molecular formula is C18H30N4O3. The largest absolute Gasteiger partial charge is 0.444 e. The van der Waals surface area contributed by atoms with Crippen molar-refractivity contribution in [3.63, 3.8) is 0 Å². The summed E-state index contributed by atoms with van der Waals surface area (Å²) in [5.74, 6) is 5.83. The van der Waals surface area contributed by atoms with Crippen LogP contribution in [-0.4, -0.2) is 41.3 Å². The third-order valence-corrected chi connectivity index (χ3v) is 4.10. The number of carbonyl (C=O) groups is 2. The lowest BCUT2D eigenvalue weighted by Crippen LogP contribution is -2.49. The predicted molar refractivity (Wildman–Crippen MR) is 98.4 cm³/mol. The Morgan fingerprint density at radius 1 is 1.32 bits per heavy atom. The van der Waals surface area contributed by atoms with Crippen molar-refractivity contribution in [1.29, 1.82) is 0 Å². The second-order valence-corrected chi connectivity index (χ2v) is 7.95. The van der Waals surface area contributed by atoms with Crippen molar-refractivity contribution in [2.24, 2.45) is 5.92 Å². The average molecular weight is 350 g/mol. The molecule has 1 atom stereocenters. The molecule has 1 amide bonds. The van der Waals surface area contributed by atoms with Crippen LogP contribution in [0.25, 0.3) is 0 Å². The molecule has 7 heteroatoms. The Labute approximate surface area is 149 Å². The lowest BCUT2D eigenvalue weighted by Gasteiger charge is -2.35. The number of nitrogens with two attached hydrogens (primary N) is 1. The summed E-state index contributed by atoms with van der Waals surface area (Å²) in [5, 5.41) is 2.93. The first kappa shape index (κ1) is 19.1. The minimum Gasteiger partial charge on any atom is -0.444 e. The van der Waals surface area contributed by atoms with Gasteiger partial charge in [0.15, 0.2) is 5.78 Å². The topological polar surface area (TPSA) is 89.6 Å². The van der Waals surface area contributed by atoms with Gasteiger partial charge in [-0.2, -0.15) is 0 Å². The number of ketones is 1. The van der Waals surface area contributed by atoms with Crippen LogP contribution < -0.4 is 16.1 Å². The number of Topliss-reactive ketones (excluding diaryl/α,β-unsaturated/α-hetero) is 1. The smallest absolute Gasteiger partial charge is 0.407 e. The van der Waals surface area contributed by atoms with Crippen LogP contribution in [0.15, 0.2) is 12.4 Å². The van der Waals surface area contributed by atoms with Crippen molar-refractivity contribution in [2.45, 2.75) is 59.1 Å². The van der Waals surface area contributed by atoms with Gasteiger partial charge < -0.3 is 20.8 Å². The molecular weight excluding hydrogens is 320 g/mol. The van der Waals surface area contributed by atoms with E-state index in [-0.39, 0.29) is 17.7 Å². The maximum Gasteiger partial charge on any atom is 0.407 e. The summed E-state index contributed by atoms with van der Waals surface area (Å²) in [6, 6.07) is -0.0215. The zero-order chi connectivity index (χ0) is 18.8. The van der Waals surface area contributed by atoms with Gasteiger partial charge in [-0.3, -0.25) is 9.47 Å². The number of aromatic nitrogens is 1. The van der Waals surface area contributed by atoms with Gasteiger partial charge in [-0.05, 0) is 33.6 Å². The first-order valence-electron chi connectivity index (χ1n) is 8.82. The van der Waals surface area contributed by atoms with Gasteiger partial charge in [-0.15, -0.1) is 0 Å². The molecule has 2 heterocycles. The highest BCUT2D eigenvalue weighted by molar-refractivity contribution is 6.02. The second kappa shape index (κ2) is 7.37. The Hall–Kier alpha value is -2.18. The molecule has 0 bridgehead atoms. The van der Waals surface area contributed by atoms with Crippen LogP contribution in [0.4, 0.5) is 10.5 Å². The number of hydrogen-bond acceptors (Lipinski definition) is 5. The molecule has 1 fully saturated rings. The van der Waals surface area contributed by atoms with E-state index in [9.17, 15) is 9.59 Å². The predicted octanol–water partition coefficient (Wildman–Crippen LogP) is 2.53. The molecule has 0 unspecified atom stereocenters. The summed E-state index contributed by atoms with van der Waals surface area (Å²) in [6.07, 6.45) is 4.83. The van der Waals surface area contributed by atoms with E-state index in [1.54, 1.807) is 12.4 Å².